The zero-order valence-corrected chi connectivity index (χ0v) is 11.9. The summed E-state index contributed by atoms with van der Waals surface area (Å²) in [6.07, 6.45) is 0. The summed E-state index contributed by atoms with van der Waals surface area (Å²) in [6.45, 7) is 1.40. The van der Waals surface area contributed by atoms with Gasteiger partial charge in [0.05, 0.1) is 13.2 Å². The zero-order chi connectivity index (χ0) is 14.3. The number of hydrogen-bond donors (Lipinski definition) is 2. The van der Waals surface area contributed by atoms with Crippen molar-refractivity contribution in [3.8, 4) is 0 Å². The zero-order valence-electron chi connectivity index (χ0n) is 11.9. The smallest absolute Gasteiger partial charge is 0.234 e. The van der Waals surface area contributed by atoms with Gasteiger partial charge in [0.15, 0.2) is 0 Å². The number of benzene rings is 1. The molecule has 0 bridgehead atoms. The first-order valence-corrected chi connectivity index (χ1v) is 6.35. The molecule has 1 amide bonds. The molecule has 5 nitrogen and oxygen atoms in total. The molecule has 0 spiro atoms. The summed E-state index contributed by atoms with van der Waals surface area (Å²) in [5, 5.41) is 11.6. The number of nitrogens with one attached hydrogen (secondary N) is 1. The Balaban J connectivity index is 2.37. The van der Waals surface area contributed by atoms with Crippen LogP contribution in [0.4, 0.5) is 5.69 Å². The number of aliphatic hydroxyl groups excluding tert-OH is 1. The largest absolute Gasteiger partial charge is 0.395 e. The lowest BCUT2D eigenvalue weighted by molar-refractivity contribution is -0.122. The van der Waals surface area contributed by atoms with Crippen LogP contribution in [0.2, 0.25) is 0 Å². The van der Waals surface area contributed by atoms with Gasteiger partial charge in [-0.05, 0) is 24.7 Å². The highest BCUT2D eigenvalue weighted by Crippen LogP contribution is 2.11. The first-order chi connectivity index (χ1) is 9.02. The van der Waals surface area contributed by atoms with Crippen LogP contribution < -0.4 is 10.2 Å². The van der Waals surface area contributed by atoms with Crippen LogP contribution in [0.5, 0.6) is 0 Å². The van der Waals surface area contributed by atoms with E-state index < -0.39 is 0 Å². The summed E-state index contributed by atoms with van der Waals surface area (Å²) < 4.78 is 0. The molecule has 19 heavy (non-hydrogen) atoms. The average Bonchev–Trinajstić information content (AvgIpc) is 2.37. The molecule has 0 radical (unpaired) electrons. The first kappa shape index (κ1) is 15.5. The van der Waals surface area contributed by atoms with Gasteiger partial charge in [0.2, 0.25) is 5.91 Å². The van der Waals surface area contributed by atoms with Gasteiger partial charge in [0.1, 0.15) is 0 Å². The van der Waals surface area contributed by atoms with Gasteiger partial charge in [-0.1, -0.05) is 12.1 Å². The molecule has 0 saturated carbocycles. The van der Waals surface area contributed by atoms with E-state index >= 15 is 0 Å². The van der Waals surface area contributed by atoms with Gasteiger partial charge in [-0.3, -0.25) is 9.69 Å². The molecule has 0 aliphatic rings. The molecule has 1 rings (SSSR count). The van der Waals surface area contributed by atoms with E-state index in [-0.39, 0.29) is 12.5 Å². The van der Waals surface area contributed by atoms with E-state index in [0.29, 0.717) is 19.6 Å². The molecule has 1 aromatic carbocycles. The van der Waals surface area contributed by atoms with Crippen LogP contribution in [0.3, 0.4) is 0 Å². The topological polar surface area (TPSA) is 55.8 Å². The molecule has 0 heterocycles. The molecule has 0 aliphatic carbocycles. The van der Waals surface area contributed by atoms with Gasteiger partial charge in [-0.15, -0.1) is 0 Å². The lowest BCUT2D eigenvalue weighted by atomic mass is 10.2. The molecule has 1 aromatic rings. The molecule has 0 aromatic heterocycles. The maximum Gasteiger partial charge on any atom is 0.234 e. The molecule has 0 fully saturated rings. The first-order valence-electron chi connectivity index (χ1n) is 6.35. The average molecular weight is 265 g/mol. The number of carbonyl (C=O) groups is 1. The van der Waals surface area contributed by atoms with Crippen molar-refractivity contribution < 1.29 is 9.90 Å². The van der Waals surface area contributed by atoms with E-state index in [9.17, 15) is 4.79 Å². The van der Waals surface area contributed by atoms with Crippen LogP contribution >= 0.6 is 0 Å². The summed E-state index contributed by atoms with van der Waals surface area (Å²) in [7, 11) is 5.79. The van der Waals surface area contributed by atoms with Crippen molar-refractivity contribution in [1.29, 1.82) is 0 Å². The van der Waals surface area contributed by atoms with Crippen molar-refractivity contribution in [3.05, 3.63) is 29.8 Å². The summed E-state index contributed by atoms with van der Waals surface area (Å²) in [4.78, 5) is 15.5. The summed E-state index contributed by atoms with van der Waals surface area (Å²) in [6, 6.07) is 8.07. The third-order valence-corrected chi connectivity index (χ3v) is 2.84. The summed E-state index contributed by atoms with van der Waals surface area (Å²) in [5.74, 6) is -0.0346. The Morgan fingerprint density at radius 2 is 1.84 bits per heavy atom. The van der Waals surface area contributed by atoms with Gasteiger partial charge in [0, 0.05) is 32.9 Å². The van der Waals surface area contributed by atoms with Crippen LogP contribution in [0, 0.1) is 0 Å². The summed E-state index contributed by atoms with van der Waals surface area (Å²) in [5.41, 5.74) is 2.21. The predicted octanol–water partition coefficient (Wildman–Crippen LogP) is 0.293. The number of nitrogens with zero attached hydrogens (tertiary/aromatic N) is 2. The van der Waals surface area contributed by atoms with E-state index in [2.05, 4.69) is 5.32 Å². The van der Waals surface area contributed by atoms with Crippen molar-refractivity contribution in [2.24, 2.45) is 0 Å². The molecule has 0 atom stereocenters. The van der Waals surface area contributed by atoms with E-state index in [1.807, 2.05) is 50.3 Å². The van der Waals surface area contributed by atoms with Crippen LogP contribution in [0.15, 0.2) is 24.3 Å². The van der Waals surface area contributed by atoms with Crippen molar-refractivity contribution in [2.45, 2.75) is 6.54 Å². The lowest BCUT2D eigenvalue weighted by Crippen LogP contribution is -2.36. The normalized spacial score (nSPS) is 10.6. The van der Waals surface area contributed by atoms with E-state index in [4.69, 9.17) is 5.11 Å². The highest BCUT2D eigenvalue weighted by molar-refractivity contribution is 5.77. The predicted molar refractivity (Wildman–Crippen MR) is 77.2 cm³/mol. The van der Waals surface area contributed by atoms with Gasteiger partial charge in [-0.2, -0.15) is 0 Å². The highest BCUT2D eigenvalue weighted by Gasteiger charge is 2.05. The van der Waals surface area contributed by atoms with Crippen molar-refractivity contribution >= 4 is 11.6 Å². The SMILES string of the molecule is CN(CCO)CC(=O)NCc1ccc(N(C)C)cc1. The number of likely N-dealkylation sites (N-methyl/N-ethyl adjacent to an activating group) is 1. The lowest BCUT2D eigenvalue weighted by Gasteiger charge is -2.15. The fourth-order valence-corrected chi connectivity index (χ4v) is 1.66. The van der Waals surface area contributed by atoms with Gasteiger partial charge < -0.3 is 15.3 Å². The standard InChI is InChI=1S/C14H23N3O2/c1-16(2)13-6-4-12(5-7-13)10-15-14(19)11-17(3)8-9-18/h4-7,18H,8-11H2,1-3H3,(H,15,19). The van der Waals surface area contributed by atoms with Crippen molar-refractivity contribution in [1.82, 2.24) is 10.2 Å². The molecule has 0 unspecified atom stereocenters. The maximum absolute atomic E-state index is 11.6. The Morgan fingerprint density at radius 3 is 2.37 bits per heavy atom. The van der Waals surface area contributed by atoms with Crippen LogP contribution in [-0.2, 0) is 11.3 Å². The van der Waals surface area contributed by atoms with Crippen LogP contribution in [0.1, 0.15) is 5.56 Å². The number of amides is 1. The Labute approximate surface area is 114 Å². The van der Waals surface area contributed by atoms with Gasteiger partial charge in [-0.25, -0.2) is 0 Å². The minimum atomic E-state index is -0.0346. The van der Waals surface area contributed by atoms with Crippen molar-refractivity contribution in [3.63, 3.8) is 0 Å². The quantitative estimate of drug-likeness (QED) is 0.744. The molecule has 5 heteroatoms. The summed E-state index contributed by atoms with van der Waals surface area (Å²) >= 11 is 0. The second-order valence-electron chi connectivity index (χ2n) is 4.80. The van der Waals surface area contributed by atoms with Crippen LogP contribution in [0.25, 0.3) is 0 Å². The Bertz CT molecular complexity index is 390. The molecular formula is C14H23N3O2. The highest BCUT2D eigenvalue weighted by atomic mass is 16.3. The van der Waals surface area contributed by atoms with E-state index in [0.717, 1.165) is 11.3 Å². The number of carbonyl (C=O) groups excluding carboxylic acids is 1. The Morgan fingerprint density at radius 1 is 1.21 bits per heavy atom. The number of anilines is 1. The number of rotatable bonds is 7. The monoisotopic (exact) mass is 265 g/mol. The Hall–Kier alpha value is -1.59. The van der Waals surface area contributed by atoms with E-state index in [1.54, 1.807) is 4.90 Å². The van der Waals surface area contributed by atoms with Crippen LogP contribution in [-0.4, -0.2) is 56.8 Å². The third-order valence-electron chi connectivity index (χ3n) is 2.84. The molecule has 0 aliphatic heterocycles. The molecular weight excluding hydrogens is 242 g/mol. The fraction of sp³-hybridized carbons (Fsp3) is 0.500. The van der Waals surface area contributed by atoms with Crippen molar-refractivity contribution in [2.75, 3.05) is 45.7 Å². The van der Waals surface area contributed by atoms with Gasteiger partial charge >= 0.3 is 0 Å². The second-order valence-corrected chi connectivity index (χ2v) is 4.80. The molecule has 2 N–H and O–H groups in total. The maximum atomic E-state index is 11.6. The minimum absolute atomic E-state index is 0.0346. The third kappa shape index (κ3) is 5.72. The molecule has 106 valence electrons. The Kier molecular flexibility index (Phi) is 6.32. The van der Waals surface area contributed by atoms with E-state index in [1.165, 1.54) is 0 Å². The fourth-order valence-electron chi connectivity index (χ4n) is 1.66. The number of aliphatic hydroxyl groups is 1. The second kappa shape index (κ2) is 7.76. The molecule has 0 saturated heterocycles. The minimum Gasteiger partial charge on any atom is -0.395 e. The van der Waals surface area contributed by atoms with Gasteiger partial charge in [0.25, 0.3) is 0 Å². The number of hydrogen-bond acceptors (Lipinski definition) is 4.